The minimum Gasteiger partial charge on any atom is -0.335 e. The maximum Gasteiger partial charge on any atom is 0.254 e. The lowest BCUT2D eigenvalue weighted by Crippen LogP contribution is -2.38. The zero-order valence-corrected chi connectivity index (χ0v) is 13.8. The molecule has 0 bridgehead atoms. The van der Waals surface area contributed by atoms with Gasteiger partial charge >= 0.3 is 0 Å². The maximum absolute atomic E-state index is 12.6. The molecule has 0 spiro atoms. The first-order chi connectivity index (χ1) is 8.49. The van der Waals surface area contributed by atoms with Crippen LogP contribution in [0.1, 0.15) is 37.0 Å². The van der Waals surface area contributed by atoms with Gasteiger partial charge in [-0.05, 0) is 37.0 Å². The van der Waals surface area contributed by atoms with E-state index in [4.69, 9.17) is 0 Å². The second kappa shape index (κ2) is 5.74. The van der Waals surface area contributed by atoms with E-state index in [0.717, 1.165) is 33.9 Å². The summed E-state index contributed by atoms with van der Waals surface area (Å²) in [6.45, 7) is 5.26. The van der Waals surface area contributed by atoms with Gasteiger partial charge in [-0.1, -0.05) is 45.7 Å². The monoisotopic (exact) mass is 373 g/mol. The van der Waals surface area contributed by atoms with Crippen molar-refractivity contribution in [3.05, 3.63) is 32.7 Å². The van der Waals surface area contributed by atoms with Crippen LogP contribution >= 0.6 is 31.9 Å². The van der Waals surface area contributed by atoms with Crippen LogP contribution < -0.4 is 0 Å². The van der Waals surface area contributed by atoms with E-state index >= 15 is 0 Å². The molecule has 1 unspecified atom stereocenters. The van der Waals surface area contributed by atoms with Gasteiger partial charge in [-0.3, -0.25) is 4.79 Å². The molecule has 0 aliphatic carbocycles. The number of nitrogens with zero attached hydrogens (tertiary/aromatic N) is 1. The second-order valence-electron chi connectivity index (χ2n) is 5.11. The first-order valence-corrected chi connectivity index (χ1v) is 7.84. The Hall–Kier alpha value is -0.350. The van der Waals surface area contributed by atoms with E-state index in [1.54, 1.807) is 0 Å². The summed E-state index contributed by atoms with van der Waals surface area (Å²) in [5.74, 6) is 0.667. The minimum absolute atomic E-state index is 0.146. The fraction of sp³-hybridized carbons (Fsp3) is 0.500. The Kier molecular flexibility index (Phi) is 4.49. The maximum atomic E-state index is 12.6. The van der Waals surface area contributed by atoms with Crippen molar-refractivity contribution >= 4 is 37.8 Å². The first-order valence-electron chi connectivity index (χ1n) is 6.26. The van der Waals surface area contributed by atoms with Crippen LogP contribution in [0.25, 0.3) is 0 Å². The molecule has 2 nitrogen and oxygen atoms in total. The summed E-state index contributed by atoms with van der Waals surface area (Å²) in [6.07, 6.45) is 2.24. The molecule has 1 aromatic carbocycles. The molecule has 1 heterocycles. The molecule has 4 heteroatoms. The van der Waals surface area contributed by atoms with E-state index < -0.39 is 0 Å². The van der Waals surface area contributed by atoms with Crippen molar-refractivity contribution in [1.82, 2.24) is 4.90 Å². The van der Waals surface area contributed by atoms with Crippen molar-refractivity contribution < 1.29 is 4.79 Å². The highest BCUT2D eigenvalue weighted by Crippen LogP contribution is 2.27. The van der Waals surface area contributed by atoms with E-state index in [1.807, 2.05) is 23.1 Å². The Morgan fingerprint density at radius 1 is 1.28 bits per heavy atom. The van der Waals surface area contributed by atoms with Crippen LogP contribution in [0.15, 0.2) is 27.1 Å². The normalized spacial score (nSPS) is 19.6. The van der Waals surface area contributed by atoms with Gasteiger partial charge in [-0.15, -0.1) is 0 Å². The second-order valence-corrected chi connectivity index (χ2v) is 6.94. The SMILES string of the molecule is CC(C)C1CCCN1C(=O)c1cc(Br)cc(Br)c1. The Labute approximate surface area is 125 Å². The largest absolute Gasteiger partial charge is 0.335 e. The van der Waals surface area contributed by atoms with Crippen LogP contribution in [0.5, 0.6) is 0 Å². The van der Waals surface area contributed by atoms with Gasteiger partial charge in [0.15, 0.2) is 0 Å². The third kappa shape index (κ3) is 2.97. The van der Waals surface area contributed by atoms with Gasteiger partial charge in [0.25, 0.3) is 5.91 Å². The van der Waals surface area contributed by atoms with Gasteiger partial charge in [-0.2, -0.15) is 0 Å². The van der Waals surface area contributed by atoms with E-state index in [2.05, 4.69) is 45.7 Å². The van der Waals surface area contributed by atoms with Crippen molar-refractivity contribution in [3.63, 3.8) is 0 Å². The topological polar surface area (TPSA) is 20.3 Å². The number of carbonyl (C=O) groups is 1. The van der Waals surface area contributed by atoms with Crippen molar-refractivity contribution in [2.24, 2.45) is 5.92 Å². The molecular weight excluding hydrogens is 358 g/mol. The van der Waals surface area contributed by atoms with Gasteiger partial charge in [0.2, 0.25) is 0 Å². The molecule has 0 radical (unpaired) electrons. The van der Waals surface area contributed by atoms with Gasteiger partial charge in [-0.25, -0.2) is 0 Å². The number of likely N-dealkylation sites (tertiary alicyclic amines) is 1. The van der Waals surface area contributed by atoms with Gasteiger partial charge < -0.3 is 4.90 Å². The molecular formula is C14H17Br2NO. The molecule has 0 saturated carbocycles. The Bertz CT molecular complexity index is 439. The zero-order chi connectivity index (χ0) is 13.3. The predicted octanol–water partition coefficient (Wildman–Crippen LogP) is 4.47. The van der Waals surface area contributed by atoms with E-state index in [0.29, 0.717) is 12.0 Å². The number of halogens is 2. The van der Waals surface area contributed by atoms with E-state index in [9.17, 15) is 4.79 Å². The molecule has 1 atom stereocenters. The van der Waals surface area contributed by atoms with Crippen LogP contribution in [0.4, 0.5) is 0 Å². The molecule has 2 rings (SSSR count). The zero-order valence-electron chi connectivity index (χ0n) is 10.6. The van der Waals surface area contributed by atoms with Crippen molar-refractivity contribution in [1.29, 1.82) is 0 Å². The van der Waals surface area contributed by atoms with E-state index in [-0.39, 0.29) is 5.91 Å². The lowest BCUT2D eigenvalue weighted by atomic mass is 10.0. The molecule has 1 aliphatic rings. The molecule has 1 saturated heterocycles. The number of benzene rings is 1. The Morgan fingerprint density at radius 2 is 1.89 bits per heavy atom. The summed E-state index contributed by atoms with van der Waals surface area (Å²) in [4.78, 5) is 14.6. The molecule has 0 aromatic heterocycles. The van der Waals surface area contributed by atoms with Crippen LogP contribution in [0, 0.1) is 5.92 Å². The summed E-state index contributed by atoms with van der Waals surface area (Å²) in [5.41, 5.74) is 0.754. The fourth-order valence-electron chi connectivity index (χ4n) is 2.58. The van der Waals surface area contributed by atoms with Gasteiger partial charge in [0, 0.05) is 27.1 Å². The van der Waals surface area contributed by atoms with Crippen molar-refractivity contribution in [2.45, 2.75) is 32.7 Å². The van der Waals surface area contributed by atoms with Gasteiger partial charge in [0.1, 0.15) is 0 Å². The van der Waals surface area contributed by atoms with Crippen LogP contribution in [-0.2, 0) is 0 Å². The number of rotatable bonds is 2. The summed E-state index contributed by atoms with van der Waals surface area (Å²) < 4.78 is 1.86. The molecule has 1 aliphatic heterocycles. The highest BCUT2D eigenvalue weighted by atomic mass is 79.9. The molecule has 1 amide bonds. The average molecular weight is 375 g/mol. The lowest BCUT2D eigenvalue weighted by molar-refractivity contribution is 0.0701. The molecule has 18 heavy (non-hydrogen) atoms. The van der Waals surface area contributed by atoms with Crippen molar-refractivity contribution in [2.75, 3.05) is 6.54 Å². The standard InChI is InChI=1S/C14H17Br2NO/c1-9(2)13-4-3-5-17(13)14(18)10-6-11(15)8-12(16)7-10/h6-9,13H,3-5H2,1-2H3. The van der Waals surface area contributed by atoms with E-state index in [1.165, 1.54) is 0 Å². The molecule has 0 N–H and O–H groups in total. The highest BCUT2D eigenvalue weighted by molar-refractivity contribution is 9.11. The highest BCUT2D eigenvalue weighted by Gasteiger charge is 2.31. The average Bonchev–Trinajstić information content (AvgIpc) is 2.75. The fourth-order valence-corrected chi connectivity index (χ4v) is 3.87. The summed E-state index contributed by atoms with van der Waals surface area (Å²) >= 11 is 6.87. The number of hydrogen-bond acceptors (Lipinski definition) is 1. The number of amides is 1. The van der Waals surface area contributed by atoms with Crippen LogP contribution in [0.2, 0.25) is 0 Å². The summed E-state index contributed by atoms with van der Waals surface area (Å²) in [5, 5.41) is 0. The number of carbonyl (C=O) groups excluding carboxylic acids is 1. The summed E-state index contributed by atoms with van der Waals surface area (Å²) in [7, 11) is 0. The summed E-state index contributed by atoms with van der Waals surface area (Å²) in [6, 6.07) is 6.11. The van der Waals surface area contributed by atoms with Crippen molar-refractivity contribution in [3.8, 4) is 0 Å². The Morgan fingerprint density at radius 3 is 2.44 bits per heavy atom. The Balaban J connectivity index is 2.25. The van der Waals surface area contributed by atoms with Crippen LogP contribution in [-0.4, -0.2) is 23.4 Å². The minimum atomic E-state index is 0.146. The molecule has 98 valence electrons. The first kappa shape index (κ1) is 14.1. The third-order valence-electron chi connectivity index (χ3n) is 3.44. The molecule has 1 aromatic rings. The number of hydrogen-bond donors (Lipinski definition) is 0. The third-order valence-corrected chi connectivity index (χ3v) is 4.35. The van der Waals surface area contributed by atoms with Gasteiger partial charge in [0.05, 0.1) is 0 Å². The smallest absolute Gasteiger partial charge is 0.254 e. The van der Waals surface area contributed by atoms with Crippen LogP contribution in [0.3, 0.4) is 0 Å². The molecule has 1 fully saturated rings. The predicted molar refractivity (Wildman–Crippen MR) is 80.7 cm³/mol. The quantitative estimate of drug-likeness (QED) is 0.747. The lowest BCUT2D eigenvalue weighted by Gasteiger charge is -2.27.